The van der Waals surface area contributed by atoms with E-state index in [1.54, 1.807) is 5.57 Å². The van der Waals surface area contributed by atoms with E-state index in [1.807, 2.05) is 20.0 Å². The smallest absolute Gasteiger partial charge is 0.156 e. The summed E-state index contributed by atoms with van der Waals surface area (Å²) in [5.74, 6) is 7.93. The van der Waals surface area contributed by atoms with Crippen molar-refractivity contribution in [3.63, 3.8) is 0 Å². The third-order valence-electron chi connectivity index (χ3n) is 9.23. The monoisotopic (exact) mass is 429 g/mol. The first-order valence-corrected chi connectivity index (χ1v) is 12.2. The van der Waals surface area contributed by atoms with Gasteiger partial charge >= 0.3 is 0 Å². The Hall–Kier alpha value is -2.31. The van der Waals surface area contributed by atoms with Crippen LogP contribution >= 0.6 is 0 Å². The Bertz CT molecular complexity index is 1070. The van der Waals surface area contributed by atoms with E-state index < -0.39 is 5.60 Å². The number of allylic oxidation sites excluding steroid dienone is 4. The van der Waals surface area contributed by atoms with E-state index in [1.165, 1.54) is 16.7 Å². The molecule has 3 nitrogen and oxygen atoms in total. The van der Waals surface area contributed by atoms with Crippen LogP contribution in [0.15, 0.2) is 47.1 Å². The van der Waals surface area contributed by atoms with Crippen molar-refractivity contribution in [3.05, 3.63) is 52.6 Å². The molecule has 1 aromatic rings. The van der Waals surface area contributed by atoms with Crippen LogP contribution in [0.2, 0.25) is 0 Å². The maximum atomic E-state index is 12.2. The molecule has 168 valence electrons. The zero-order valence-electron chi connectivity index (χ0n) is 19.8. The van der Waals surface area contributed by atoms with Crippen molar-refractivity contribution in [2.75, 3.05) is 12.4 Å². The van der Waals surface area contributed by atoms with Crippen molar-refractivity contribution in [2.45, 2.75) is 70.8 Å². The van der Waals surface area contributed by atoms with Gasteiger partial charge in [-0.2, -0.15) is 0 Å². The fraction of sp³-hybridized carbons (Fsp3) is 0.552. The number of rotatable bonds is 2. The van der Waals surface area contributed by atoms with Gasteiger partial charge in [0, 0.05) is 30.5 Å². The molecule has 5 rings (SSSR count). The summed E-state index contributed by atoms with van der Waals surface area (Å²) in [4.78, 5) is 12.2. The topological polar surface area (TPSA) is 49.3 Å². The van der Waals surface area contributed by atoms with Crippen LogP contribution in [-0.4, -0.2) is 23.5 Å². The molecule has 4 aliphatic carbocycles. The predicted octanol–water partition coefficient (Wildman–Crippen LogP) is 5.63. The molecule has 0 radical (unpaired) electrons. The third-order valence-corrected chi connectivity index (χ3v) is 9.23. The molecule has 2 N–H and O–H groups in total. The van der Waals surface area contributed by atoms with Crippen molar-refractivity contribution in [2.24, 2.45) is 23.2 Å². The number of benzene rings is 1. The van der Waals surface area contributed by atoms with E-state index in [0.29, 0.717) is 18.3 Å². The number of nitrogens with one attached hydrogen (secondary N) is 1. The van der Waals surface area contributed by atoms with Gasteiger partial charge in [-0.25, -0.2) is 0 Å². The highest BCUT2D eigenvalue weighted by atomic mass is 16.3. The molecule has 2 fully saturated rings. The van der Waals surface area contributed by atoms with E-state index in [0.717, 1.165) is 37.8 Å². The molecular weight excluding hydrogens is 394 g/mol. The third kappa shape index (κ3) is 2.96. The van der Waals surface area contributed by atoms with Gasteiger partial charge < -0.3 is 10.4 Å². The Balaban J connectivity index is 1.70. The van der Waals surface area contributed by atoms with Crippen molar-refractivity contribution in [1.82, 2.24) is 0 Å². The number of fused-ring (bicyclic) bond motifs is 4. The Kier molecular flexibility index (Phi) is 5.13. The molecule has 2 saturated carbocycles. The number of anilines is 1. The van der Waals surface area contributed by atoms with Crippen molar-refractivity contribution in [1.29, 1.82) is 0 Å². The van der Waals surface area contributed by atoms with Crippen LogP contribution in [0.25, 0.3) is 0 Å². The molecule has 3 heteroatoms. The largest absolute Gasteiger partial charge is 0.388 e. The molecule has 0 bridgehead atoms. The van der Waals surface area contributed by atoms with Crippen LogP contribution < -0.4 is 5.32 Å². The average Bonchev–Trinajstić information content (AvgIpc) is 2.99. The van der Waals surface area contributed by atoms with Crippen LogP contribution in [0, 0.1) is 35.0 Å². The molecule has 6 atom stereocenters. The van der Waals surface area contributed by atoms with Gasteiger partial charge in [0.2, 0.25) is 0 Å². The summed E-state index contributed by atoms with van der Waals surface area (Å²) >= 11 is 0. The van der Waals surface area contributed by atoms with Crippen LogP contribution in [0.3, 0.4) is 0 Å². The summed E-state index contributed by atoms with van der Waals surface area (Å²) in [5.41, 5.74) is 5.53. The van der Waals surface area contributed by atoms with Gasteiger partial charge in [-0.1, -0.05) is 37.5 Å². The summed E-state index contributed by atoms with van der Waals surface area (Å²) < 4.78 is 0. The Labute approximate surface area is 192 Å². The molecule has 32 heavy (non-hydrogen) atoms. The van der Waals surface area contributed by atoms with E-state index in [-0.39, 0.29) is 23.0 Å². The number of ketones is 1. The van der Waals surface area contributed by atoms with Gasteiger partial charge in [-0.15, -0.1) is 5.92 Å². The Morgan fingerprint density at radius 2 is 1.91 bits per heavy atom. The zero-order valence-corrected chi connectivity index (χ0v) is 19.8. The molecule has 0 amide bonds. The van der Waals surface area contributed by atoms with Gasteiger partial charge in [-0.3, -0.25) is 4.79 Å². The van der Waals surface area contributed by atoms with Gasteiger partial charge in [0.15, 0.2) is 5.78 Å². The quantitative estimate of drug-likeness (QED) is 0.599. The fourth-order valence-electron chi connectivity index (χ4n) is 7.63. The number of carbonyl (C=O) groups is 1. The lowest BCUT2D eigenvalue weighted by molar-refractivity contribution is -0.114. The van der Waals surface area contributed by atoms with E-state index in [2.05, 4.69) is 55.3 Å². The van der Waals surface area contributed by atoms with E-state index >= 15 is 0 Å². The van der Waals surface area contributed by atoms with Gasteiger partial charge in [0.1, 0.15) is 5.60 Å². The zero-order chi connectivity index (χ0) is 22.7. The number of hydrogen-bond acceptors (Lipinski definition) is 3. The lowest BCUT2D eigenvalue weighted by Crippen LogP contribution is -2.52. The number of aliphatic hydroxyl groups is 1. The Morgan fingerprint density at radius 1 is 1.16 bits per heavy atom. The summed E-state index contributed by atoms with van der Waals surface area (Å²) in [6.45, 7) is 6.34. The molecule has 0 aliphatic heterocycles. The lowest BCUT2D eigenvalue weighted by Gasteiger charge is -2.54. The summed E-state index contributed by atoms with van der Waals surface area (Å²) in [6, 6.07) is 8.81. The average molecular weight is 430 g/mol. The molecule has 0 heterocycles. The first-order valence-electron chi connectivity index (χ1n) is 12.2. The first-order chi connectivity index (χ1) is 15.3. The van der Waals surface area contributed by atoms with Gasteiger partial charge in [0.05, 0.1) is 0 Å². The van der Waals surface area contributed by atoms with E-state index in [4.69, 9.17) is 0 Å². The second kappa shape index (κ2) is 7.63. The van der Waals surface area contributed by atoms with Crippen LogP contribution in [0.1, 0.15) is 70.8 Å². The van der Waals surface area contributed by atoms with Crippen LogP contribution in [-0.2, 0) is 4.79 Å². The van der Waals surface area contributed by atoms with Crippen molar-refractivity contribution >= 4 is 11.5 Å². The van der Waals surface area contributed by atoms with Crippen molar-refractivity contribution in [3.8, 4) is 11.8 Å². The fourth-order valence-corrected chi connectivity index (χ4v) is 7.63. The highest BCUT2D eigenvalue weighted by Gasteiger charge is 2.65. The molecule has 0 aromatic heterocycles. The first kappa shape index (κ1) is 21.5. The second-order valence-electron chi connectivity index (χ2n) is 10.6. The SMILES string of the molecule is CC#C[C@]1(O)C(C)C[C@H]2[C@@H]3CCC4=CC(=O)CCC4=C3[C@@H](c3ccc(NC)cc3)C[C@@]21C. The maximum Gasteiger partial charge on any atom is 0.156 e. The predicted molar refractivity (Wildman–Crippen MR) is 129 cm³/mol. The lowest BCUT2D eigenvalue weighted by atomic mass is 9.51. The molecule has 1 unspecified atom stereocenters. The van der Waals surface area contributed by atoms with Gasteiger partial charge in [-0.05, 0) is 91.7 Å². The number of carbonyl (C=O) groups excluding carboxylic acids is 1. The standard InChI is InChI=1S/C29H35NO2/c1-5-14-29(32)18(2)15-26-24-12-8-20-16-22(31)11-13-23(20)27(24)25(17-28(26,29)3)19-6-9-21(30-4)10-7-19/h6-7,9-10,16,18,24-26,30,32H,8,11-13,15,17H2,1-4H3/t18?,24-,25+,26-,28-,29-/m0/s1. The second-order valence-corrected chi connectivity index (χ2v) is 10.6. The van der Waals surface area contributed by atoms with Crippen LogP contribution in [0.5, 0.6) is 0 Å². The summed E-state index contributed by atoms with van der Waals surface area (Å²) in [7, 11) is 1.95. The highest BCUT2D eigenvalue weighted by Crippen LogP contribution is 2.67. The molecule has 0 spiro atoms. The minimum atomic E-state index is -0.954. The molecule has 4 aliphatic rings. The number of hydrogen-bond donors (Lipinski definition) is 2. The minimum Gasteiger partial charge on any atom is -0.388 e. The van der Waals surface area contributed by atoms with E-state index in [9.17, 15) is 9.90 Å². The summed E-state index contributed by atoms with van der Waals surface area (Å²) in [6.07, 6.45) is 7.41. The maximum absolute atomic E-state index is 12.2. The minimum absolute atomic E-state index is 0.159. The Morgan fingerprint density at radius 3 is 2.59 bits per heavy atom. The highest BCUT2D eigenvalue weighted by molar-refractivity contribution is 5.93. The van der Waals surface area contributed by atoms with Crippen LogP contribution in [0.4, 0.5) is 5.69 Å². The molecule has 1 aromatic carbocycles. The normalized spacial score (nSPS) is 38.2. The van der Waals surface area contributed by atoms with Gasteiger partial charge in [0.25, 0.3) is 0 Å². The molecular formula is C29H35NO2. The molecule has 0 saturated heterocycles. The van der Waals surface area contributed by atoms with Crippen molar-refractivity contribution < 1.29 is 9.90 Å². The summed E-state index contributed by atoms with van der Waals surface area (Å²) in [5, 5.41) is 15.2.